The monoisotopic (exact) mass is 256 g/mol. The summed E-state index contributed by atoms with van der Waals surface area (Å²) in [7, 11) is 1.63. The molecule has 0 bridgehead atoms. The second-order valence-electron chi connectivity index (χ2n) is 3.59. The van der Waals surface area contributed by atoms with Crippen LogP contribution < -0.4 is 10.5 Å². The summed E-state index contributed by atoms with van der Waals surface area (Å²) in [6.45, 7) is 0. The largest absolute Gasteiger partial charge is 0.494 e. The van der Waals surface area contributed by atoms with Crippen molar-refractivity contribution >= 4 is 15.9 Å². The van der Waals surface area contributed by atoms with Gasteiger partial charge in [0.15, 0.2) is 5.75 Å². The molecular formula is C10H13BrN2O. The summed E-state index contributed by atoms with van der Waals surface area (Å²) >= 11 is 3.35. The Bertz CT molecular complexity index is 339. The zero-order chi connectivity index (χ0) is 10.1. The maximum Gasteiger partial charge on any atom is 0.151 e. The number of hydrogen-bond acceptors (Lipinski definition) is 3. The summed E-state index contributed by atoms with van der Waals surface area (Å²) in [6, 6.07) is 3.92. The first-order valence-corrected chi connectivity index (χ1v) is 5.47. The lowest BCUT2D eigenvalue weighted by atomic mass is 10.1. The Morgan fingerprint density at radius 1 is 1.57 bits per heavy atom. The zero-order valence-corrected chi connectivity index (χ0v) is 9.62. The minimum Gasteiger partial charge on any atom is -0.494 e. The second kappa shape index (κ2) is 3.87. The Morgan fingerprint density at radius 2 is 2.29 bits per heavy atom. The molecule has 1 heterocycles. The van der Waals surface area contributed by atoms with Gasteiger partial charge in [0.25, 0.3) is 0 Å². The Morgan fingerprint density at radius 3 is 2.79 bits per heavy atom. The van der Waals surface area contributed by atoms with E-state index in [2.05, 4.69) is 20.9 Å². The van der Waals surface area contributed by atoms with Gasteiger partial charge in [-0.3, -0.25) is 0 Å². The van der Waals surface area contributed by atoms with Crippen molar-refractivity contribution in [1.82, 2.24) is 4.98 Å². The first kappa shape index (κ1) is 9.93. The third-order valence-electron chi connectivity index (χ3n) is 2.53. The van der Waals surface area contributed by atoms with E-state index >= 15 is 0 Å². The molecule has 1 aliphatic carbocycles. The lowest BCUT2D eigenvalue weighted by Gasteiger charge is -2.11. The van der Waals surface area contributed by atoms with Crippen LogP contribution in [0.25, 0.3) is 0 Å². The van der Waals surface area contributed by atoms with Crippen LogP contribution in [0.15, 0.2) is 16.7 Å². The minimum absolute atomic E-state index is 0.0807. The van der Waals surface area contributed by atoms with E-state index in [0.29, 0.717) is 5.92 Å². The molecule has 2 N–H and O–H groups in total. The Kier molecular flexibility index (Phi) is 2.74. The van der Waals surface area contributed by atoms with Crippen molar-refractivity contribution in [3.63, 3.8) is 0 Å². The molecule has 0 radical (unpaired) electrons. The smallest absolute Gasteiger partial charge is 0.151 e. The number of hydrogen-bond donors (Lipinski definition) is 1. The van der Waals surface area contributed by atoms with Crippen molar-refractivity contribution in [2.75, 3.05) is 7.11 Å². The van der Waals surface area contributed by atoms with Crippen LogP contribution in [-0.4, -0.2) is 12.1 Å². The number of rotatable bonds is 3. The Labute approximate surface area is 91.8 Å². The number of nitrogens with zero attached hydrogens (tertiary/aromatic N) is 1. The number of methoxy groups -OCH3 is 1. The molecular weight excluding hydrogens is 244 g/mol. The predicted molar refractivity (Wildman–Crippen MR) is 58.1 cm³/mol. The van der Waals surface area contributed by atoms with Crippen LogP contribution in [-0.2, 0) is 0 Å². The molecule has 0 saturated heterocycles. The summed E-state index contributed by atoms with van der Waals surface area (Å²) in [5.41, 5.74) is 6.98. The van der Waals surface area contributed by atoms with E-state index in [1.54, 1.807) is 7.11 Å². The zero-order valence-electron chi connectivity index (χ0n) is 8.03. The molecule has 76 valence electrons. The summed E-state index contributed by atoms with van der Waals surface area (Å²) < 4.78 is 5.84. The summed E-state index contributed by atoms with van der Waals surface area (Å²) in [5.74, 6) is 1.37. The number of aromatic nitrogens is 1. The Hall–Kier alpha value is -0.610. The number of pyridine rings is 1. The normalized spacial score (nSPS) is 17.9. The molecule has 4 heteroatoms. The van der Waals surface area contributed by atoms with Crippen LogP contribution >= 0.6 is 15.9 Å². The van der Waals surface area contributed by atoms with Crippen molar-refractivity contribution in [2.24, 2.45) is 11.7 Å². The average molecular weight is 257 g/mol. The standard InChI is InChI=1S/C10H13BrN2O/c1-14-8-5-4-7(13-10(8)11)9(12)6-2-3-6/h4-6,9H,2-3,12H2,1H3. The van der Waals surface area contributed by atoms with Crippen molar-refractivity contribution in [1.29, 1.82) is 0 Å². The van der Waals surface area contributed by atoms with Gasteiger partial charge in [0.2, 0.25) is 0 Å². The highest BCUT2D eigenvalue weighted by molar-refractivity contribution is 9.10. The maximum atomic E-state index is 6.04. The van der Waals surface area contributed by atoms with Gasteiger partial charge in [-0.05, 0) is 46.8 Å². The van der Waals surface area contributed by atoms with Gasteiger partial charge in [-0.2, -0.15) is 0 Å². The molecule has 0 aromatic carbocycles. The van der Waals surface area contributed by atoms with E-state index in [0.717, 1.165) is 16.0 Å². The first-order valence-electron chi connectivity index (χ1n) is 4.68. The molecule has 1 aromatic rings. The van der Waals surface area contributed by atoms with Crippen LogP contribution in [0, 0.1) is 5.92 Å². The number of ether oxygens (including phenoxy) is 1. The van der Waals surface area contributed by atoms with E-state index in [4.69, 9.17) is 10.5 Å². The summed E-state index contributed by atoms with van der Waals surface area (Å²) in [4.78, 5) is 4.37. The number of nitrogens with two attached hydrogens (primary N) is 1. The van der Waals surface area contributed by atoms with E-state index in [9.17, 15) is 0 Å². The van der Waals surface area contributed by atoms with Crippen molar-refractivity contribution in [3.8, 4) is 5.75 Å². The molecule has 1 aromatic heterocycles. The molecule has 1 unspecified atom stereocenters. The topological polar surface area (TPSA) is 48.1 Å². The van der Waals surface area contributed by atoms with Crippen LogP contribution in [0.4, 0.5) is 0 Å². The highest BCUT2D eigenvalue weighted by atomic mass is 79.9. The lowest BCUT2D eigenvalue weighted by molar-refractivity contribution is 0.408. The highest BCUT2D eigenvalue weighted by Crippen LogP contribution is 2.39. The Balaban J connectivity index is 2.22. The molecule has 1 atom stereocenters. The van der Waals surface area contributed by atoms with E-state index in [1.807, 2.05) is 12.1 Å². The van der Waals surface area contributed by atoms with Crippen LogP contribution in [0.2, 0.25) is 0 Å². The fraction of sp³-hybridized carbons (Fsp3) is 0.500. The molecule has 1 fully saturated rings. The van der Waals surface area contributed by atoms with Gasteiger partial charge < -0.3 is 10.5 Å². The van der Waals surface area contributed by atoms with Crippen LogP contribution in [0.5, 0.6) is 5.75 Å². The summed E-state index contributed by atoms with van der Waals surface area (Å²) in [5, 5.41) is 0. The molecule has 0 aliphatic heterocycles. The van der Waals surface area contributed by atoms with Gasteiger partial charge in [-0.25, -0.2) is 4.98 Å². The van der Waals surface area contributed by atoms with E-state index < -0.39 is 0 Å². The van der Waals surface area contributed by atoms with Gasteiger partial charge >= 0.3 is 0 Å². The lowest BCUT2D eigenvalue weighted by Crippen LogP contribution is -2.14. The molecule has 0 amide bonds. The van der Waals surface area contributed by atoms with Crippen molar-refractivity contribution in [2.45, 2.75) is 18.9 Å². The number of halogens is 1. The molecule has 3 nitrogen and oxygen atoms in total. The molecule has 2 rings (SSSR count). The SMILES string of the molecule is COc1ccc(C(N)C2CC2)nc1Br. The van der Waals surface area contributed by atoms with E-state index in [1.165, 1.54) is 12.8 Å². The van der Waals surface area contributed by atoms with Gasteiger partial charge in [-0.1, -0.05) is 0 Å². The quantitative estimate of drug-likeness (QED) is 0.845. The summed E-state index contributed by atoms with van der Waals surface area (Å²) in [6.07, 6.45) is 2.46. The fourth-order valence-corrected chi connectivity index (χ4v) is 1.97. The predicted octanol–water partition coefficient (Wildman–Crippen LogP) is 2.26. The molecule has 0 spiro atoms. The first-order chi connectivity index (χ1) is 6.72. The fourth-order valence-electron chi connectivity index (χ4n) is 1.47. The maximum absolute atomic E-state index is 6.04. The van der Waals surface area contributed by atoms with E-state index in [-0.39, 0.29) is 6.04 Å². The van der Waals surface area contributed by atoms with Crippen molar-refractivity contribution in [3.05, 3.63) is 22.4 Å². The molecule has 1 saturated carbocycles. The molecule has 14 heavy (non-hydrogen) atoms. The van der Waals surface area contributed by atoms with Crippen molar-refractivity contribution < 1.29 is 4.74 Å². The second-order valence-corrected chi connectivity index (χ2v) is 4.34. The third-order valence-corrected chi connectivity index (χ3v) is 3.10. The highest BCUT2D eigenvalue weighted by Gasteiger charge is 2.30. The van der Waals surface area contributed by atoms with Gasteiger partial charge in [0, 0.05) is 6.04 Å². The van der Waals surface area contributed by atoms with Gasteiger partial charge in [0.1, 0.15) is 4.60 Å². The van der Waals surface area contributed by atoms with Gasteiger partial charge in [-0.15, -0.1) is 0 Å². The van der Waals surface area contributed by atoms with Crippen LogP contribution in [0.1, 0.15) is 24.6 Å². The molecule has 1 aliphatic rings. The third kappa shape index (κ3) is 1.91. The minimum atomic E-state index is 0.0807. The van der Waals surface area contributed by atoms with Gasteiger partial charge in [0.05, 0.1) is 12.8 Å². The average Bonchev–Trinajstić information content (AvgIpc) is 3.00. The van der Waals surface area contributed by atoms with Crippen LogP contribution in [0.3, 0.4) is 0 Å².